The van der Waals surface area contributed by atoms with Crippen molar-refractivity contribution in [3.8, 4) is 11.4 Å². The van der Waals surface area contributed by atoms with Gasteiger partial charge < -0.3 is 9.42 Å². The summed E-state index contributed by atoms with van der Waals surface area (Å²) in [5, 5.41) is 12.4. The largest absolute Gasteiger partial charge is 0.340 e. The van der Waals surface area contributed by atoms with Crippen molar-refractivity contribution in [1.29, 1.82) is 0 Å². The topological polar surface area (TPSA) is 91.2 Å². The zero-order valence-corrected chi connectivity index (χ0v) is 17.4. The van der Waals surface area contributed by atoms with E-state index in [2.05, 4.69) is 32.2 Å². The molecule has 0 saturated carbocycles. The fourth-order valence-electron chi connectivity index (χ4n) is 4.04. The highest BCUT2D eigenvalue weighted by Crippen LogP contribution is 2.24. The summed E-state index contributed by atoms with van der Waals surface area (Å²) in [5.41, 5.74) is 2.69. The molecule has 1 aliphatic heterocycles. The van der Waals surface area contributed by atoms with E-state index in [9.17, 15) is 4.79 Å². The highest BCUT2D eigenvalue weighted by molar-refractivity contribution is 5.87. The Bertz CT molecular complexity index is 1180. The van der Waals surface area contributed by atoms with E-state index in [1.165, 1.54) is 0 Å². The predicted octanol–water partition coefficient (Wildman–Crippen LogP) is 3.06. The maximum absolute atomic E-state index is 12.8. The summed E-state index contributed by atoms with van der Waals surface area (Å²) in [6, 6.07) is 17.7. The minimum absolute atomic E-state index is 0.00114. The number of para-hydroxylation sites is 1. The summed E-state index contributed by atoms with van der Waals surface area (Å²) in [7, 11) is 0. The summed E-state index contributed by atoms with van der Waals surface area (Å²) >= 11 is 0. The van der Waals surface area contributed by atoms with Crippen LogP contribution in [0, 0.1) is 0 Å². The predicted molar refractivity (Wildman–Crippen MR) is 116 cm³/mol. The van der Waals surface area contributed by atoms with E-state index in [1.807, 2.05) is 59.5 Å². The van der Waals surface area contributed by atoms with Crippen LogP contribution < -0.4 is 0 Å². The molecule has 1 aliphatic rings. The quantitative estimate of drug-likeness (QED) is 0.538. The molecule has 158 valence electrons. The van der Waals surface area contributed by atoms with Crippen LogP contribution in [0.5, 0.6) is 0 Å². The van der Waals surface area contributed by atoms with Gasteiger partial charge in [-0.25, -0.2) is 0 Å². The number of hydrogen-bond acceptors (Lipinski definition) is 6. The Kier molecular flexibility index (Phi) is 5.21. The van der Waals surface area contributed by atoms with E-state index < -0.39 is 0 Å². The number of aromatic amines is 1. The molecule has 1 N–H and O–H groups in total. The molecule has 1 saturated heterocycles. The van der Waals surface area contributed by atoms with Crippen molar-refractivity contribution >= 4 is 16.8 Å². The normalized spacial score (nSPS) is 16.0. The second-order valence-corrected chi connectivity index (χ2v) is 7.81. The Morgan fingerprint density at radius 2 is 1.81 bits per heavy atom. The molecule has 2 aromatic carbocycles. The van der Waals surface area contributed by atoms with Crippen molar-refractivity contribution in [2.45, 2.75) is 19.4 Å². The Hall–Kier alpha value is -3.52. The monoisotopic (exact) mass is 416 g/mol. The lowest BCUT2D eigenvalue weighted by Crippen LogP contribution is -2.49. The molecular formula is C23H24N6O2. The van der Waals surface area contributed by atoms with Crippen LogP contribution >= 0.6 is 0 Å². The molecule has 0 bridgehead atoms. The van der Waals surface area contributed by atoms with Crippen LogP contribution in [0.25, 0.3) is 22.3 Å². The van der Waals surface area contributed by atoms with Gasteiger partial charge in [0.25, 0.3) is 0 Å². The van der Waals surface area contributed by atoms with Gasteiger partial charge in [-0.3, -0.25) is 14.8 Å². The Morgan fingerprint density at radius 1 is 1.06 bits per heavy atom. The number of rotatable bonds is 5. The molecule has 4 aromatic rings. The van der Waals surface area contributed by atoms with Gasteiger partial charge in [0.05, 0.1) is 23.7 Å². The summed E-state index contributed by atoms with van der Waals surface area (Å²) in [4.78, 5) is 21.6. The van der Waals surface area contributed by atoms with Crippen LogP contribution in [-0.4, -0.2) is 62.2 Å². The lowest BCUT2D eigenvalue weighted by molar-refractivity contribution is -0.132. The highest BCUT2D eigenvalue weighted by Gasteiger charge is 2.28. The maximum atomic E-state index is 12.8. The van der Waals surface area contributed by atoms with Gasteiger partial charge in [-0.15, -0.1) is 0 Å². The van der Waals surface area contributed by atoms with Crippen LogP contribution in [0.15, 0.2) is 59.1 Å². The van der Waals surface area contributed by atoms with Gasteiger partial charge in [-0.05, 0) is 13.0 Å². The van der Waals surface area contributed by atoms with Crippen molar-refractivity contribution < 1.29 is 9.32 Å². The molecule has 1 fully saturated rings. The Balaban J connectivity index is 1.19. The van der Waals surface area contributed by atoms with E-state index >= 15 is 0 Å². The molecule has 31 heavy (non-hydrogen) atoms. The minimum atomic E-state index is -0.00114. The molecular weight excluding hydrogens is 392 g/mol. The summed E-state index contributed by atoms with van der Waals surface area (Å²) < 4.78 is 5.52. The molecule has 8 nitrogen and oxygen atoms in total. The van der Waals surface area contributed by atoms with Crippen molar-refractivity contribution in [2.75, 3.05) is 26.2 Å². The van der Waals surface area contributed by atoms with E-state index in [0.29, 0.717) is 31.2 Å². The average molecular weight is 416 g/mol. The van der Waals surface area contributed by atoms with Crippen molar-refractivity contribution in [3.05, 3.63) is 66.2 Å². The molecule has 0 spiro atoms. The van der Waals surface area contributed by atoms with Crippen LogP contribution in [0.4, 0.5) is 0 Å². The second kappa shape index (κ2) is 8.31. The van der Waals surface area contributed by atoms with Gasteiger partial charge in [-0.1, -0.05) is 53.7 Å². The minimum Gasteiger partial charge on any atom is -0.340 e. The summed E-state index contributed by atoms with van der Waals surface area (Å²) in [6.07, 6.45) is 0.333. The van der Waals surface area contributed by atoms with Gasteiger partial charge >= 0.3 is 0 Å². The van der Waals surface area contributed by atoms with Crippen LogP contribution in [0.3, 0.4) is 0 Å². The number of H-pyrrole nitrogens is 1. The number of hydrogen-bond donors (Lipinski definition) is 1. The van der Waals surface area contributed by atoms with E-state index in [0.717, 1.165) is 35.2 Å². The molecule has 1 amide bonds. The Labute approximate surface area is 179 Å². The Morgan fingerprint density at radius 3 is 2.61 bits per heavy atom. The molecule has 5 rings (SSSR count). The first-order chi connectivity index (χ1) is 15.2. The first kappa shape index (κ1) is 19.4. The molecule has 1 unspecified atom stereocenters. The number of amides is 1. The van der Waals surface area contributed by atoms with Gasteiger partial charge in [-0.2, -0.15) is 10.1 Å². The standard InChI is InChI=1S/C23H24N6O2/c1-16(23-24-22(27-31-23)17-7-3-2-4-8-17)28-11-13-29(14-12-28)21(30)15-20-18-9-5-6-10-19(18)25-26-20/h2-10,16H,11-15H2,1H3,(H,25,26). The van der Waals surface area contributed by atoms with Crippen molar-refractivity contribution in [1.82, 2.24) is 30.1 Å². The molecule has 3 heterocycles. The zero-order valence-electron chi connectivity index (χ0n) is 17.4. The number of carbonyl (C=O) groups is 1. The molecule has 2 aromatic heterocycles. The van der Waals surface area contributed by atoms with E-state index in [1.54, 1.807) is 0 Å². The number of piperazine rings is 1. The fraction of sp³-hybridized carbons (Fsp3) is 0.304. The lowest BCUT2D eigenvalue weighted by atomic mass is 10.1. The summed E-state index contributed by atoms with van der Waals surface area (Å²) in [5.74, 6) is 1.32. The zero-order chi connectivity index (χ0) is 21.2. The van der Waals surface area contributed by atoms with E-state index in [-0.39, 0.29) is 11.9 Å². The number of carbonyl (C=O) groups excluding carboxylic acids is 1. The first-order valence-electron chi connectivity index (χ1n) is 10.5. The number of benzene rings is 2. The third-order valence-corrected chi connectivity index (χ3v) is 5.91. The van der Waals surface area contributed by atoms with Gasteiger partial charge in [0.15, 0.2) is 0 Å². The smallest absolute Gasteiger partial charge is 0.244 e. The number of aromatic nitrogens is 4. The highest BCUT2D eigenvalue weighted by atomic mass is 16.5. The average Bonchev–Trinajstić information content (AvgIpc) is 3.47. The molecule has 1 atom stereocenters. The van der Waals surface area contributed by atoms with Crippen LogP contribution in [-0.2, 0) is 11.2 Å². The molecule has 8 heteroatoms. The third kappa shape index (κ3) is 3.94. The lowest BCUT2D eigenvalue weighted by Gasteiger charge is -2.36. The number of nitrogens with one attached hydrogen (secondary N) is 1. The van der Waals surface area contributed by atoms with Crippen LogP contribution in [0.1, 0.15) is 24.6 Å². The van der Waals surface area contributed by atoms with Gasteiger partial charge in [0.1, 0.15) is 0 Å². The van der Waals surface area contributed by atoms with Gasteiger partial charge in [0, 0.05) is 37.1 Å². The second-order valence-electron chi connectivity index (χ2n) is 7.81. The first-order valence-corrected chi connectivity index (χ1v) is 10.5. The fourth-order valence-corrected chi connectivity index (χ4v) is 4.04. The van der Waals surface area contributed by atoms with Crippen molar-refractivity contribution in [3.63, 3.8) is 0 Å². The number of nitrogens with zero attached hydrogens (tertiary/aromatic N) is 5. The van der Waals surface area contributed by atoms with E-state index in [4.69, 9.17) is 4.52 Å². The number of fused-ring (bicyclic) bond motifs is 1. The molecule has 0 aliphatic carbocycles. The summed E-state index contributed by atoms with van der Waals surface area (Å²) in [6.45, 7) is 4.94. The third-order valence-electron chi connectivity index (χ3n) is 5.91. The van der Waals surface area contributed by atoms with Crippen LogP contribution in [0.2, 0.25) is 0 Å². The SMILES string of the molecule is CC(c1nc(-c2ccccc2)no1)N1CCN(C(=O)Cc2[nH]nc3ccccc23)CC1. The maximum Gasteiger partial charge on any atom is 0.244 e. The van der Waals surface area contributed by atoms with Gasteiger partial charge in [0.2, 0.25) is 17.6 Å². The van der Waals surface area contributed by atoms with Crippen molar-refractivity contribution in [2.24, 2.45) is 0 Å². The molecule has 0 radical (unpaired) electrons.